The van der Waals surface area contributed by atoms with Gasteiger partial charge in [-0.1, -0.05) is 0 Å². The molecule has 2 amide bonds. The van der Waals surface area contributed by atoms with Crippen molar-refractivity contribution in [3.05, 3.63) is 17.7 Å². The van der Waals surface area contributed by atoms with Gasteiger partial charge in [-0.15, -0.1) is 0 Å². The van der Waals surface area contributed by atoms with Crippen LogP contribution in [0.5, 0.6) is 0 Å². The number of imidazole rings is 1. The smallest absolute Gasteiger partial charge is 0.269 e. The van der Waals surface area contributed by atoms with Gasteiger partial charge in [0.1, 0.15) is 11.5 Å². The lowest BCUT2D eigenvalue weighted by Gasteiger charge is -2.56. The van der Waals surface area contributed by atoms with Crippen LogP contribution < -0.4 is 5.32 Å². The molecule has 2 bridgehead atoms. The zero-order valence-corrected chi connectivity index (χ0v) is 17.5. The summed E-state index contributed by atoms with van der Waals surface area (Å²) in [5.74, 6) is 1.78. The van der Waals surface area contributed by atoms with Gasteiger partial charge >= 0.3 is 0 Å². The molecule has 0 aromatic carbocycles. The van der Waals surface area contributed by atoms with E-state index in [9.17, 15) is 9.59 Å². The van der Waals surface area contributed by atoms with E-state index in [1.54, 1.807) is 13.3 Å². The molecule has 3 saturated heterocycles. The Labute approximate surface area is 172 Å². The summed E-state index contributed by atoms with van der Waals surface area (Å²) in [5.41, 5.74) is 0.475. The average Bonchev–Trinajstić information content (AvgIpc) is 3.15. The molecular weight excluding hydrogens is 370 g/mol. The summed E-state index contributed by atoms with van der Waals surface area (Å²) in [4.78, 5) is 37.2. The monoisotopic (exact) mass is 403 g/mol. The van der Waals surface area contributed by atoms with E-state index in [2.05, 4.69) is 25.1 Å². The van der Waals surface area contributed by atoms with Gasteiger partial charge < -0.3 is 24.8 Å². The lowest BCUT2D eigenvalue weighted by molar-refractivity contribution is -0.152. The number of nitrogens with one attached hydrogen (secondary N) is 2. The maximum atomic E-state index is 12.8. The molecule has 0 aliphatic carbocycles. The number of hydrogen-bond acceptors (Lipinski definition) is 5. The Balaban J connectivity index is 1.47. The number of aromatic nitrogens is 2. The van der Waals surface area contributed by atoms with Crippen LogP contribution in [0.2, 0.25) is 0 Å². The number of carbonyl (C=O) groups is 2. The van der Waals surface area contributed by atoms with Gasteiger partial charge in [0, 0.05) is 52.4 Å². The van der Waals surface area contributed by atoms with Crippen molar-refractivity contribution in [1.29, 1.82) is 0 Å². The molecule has 4 rings (SSSR count). The van der Waals surface area contributed by atoms with Crippen LogP contribution in [-0.4, -0.2) is 83.6 Å². The number of hydrogen-bond donors (Lipinski definition) is 2. The lowest BCUT2D eigenvalue weighted by Crippen LogP contribution is -2.67. The summed E-state index contributed by atoms with van der Waals surface area (Å²) in [6.07, 6.45) is 6.45. The molecule has 29 heavy (non-hydrogen) atoms. The first kappa shape index (κ1) is 20.3. The molecule has 0 unspecified atom stereocenters. The van der Waals surface area contributed by atoms with E-state index in [-0.39, 0.29) is 17.9 Å². The van der Waals surface area contributed by atoms with Crippen LogP contribution in [0.4, 0.5) is 0 Å². The number of amides is 2. The number of methoxy groups -OCH3 is 1. The molecule has 2 N–H and O–H groups in total. The highest BCUT2D eigenvalue weighted by Crippen LogP contribution is 2.41. The SMILES string of the molecule is COCCCN1C[C@H]2C[C@@H](C1)[C@H](CNC(=O)c1cnc(C)[nH]1)N1C(=O)CCC[C@@H]21. The fourth-order valence-electron chi connectivity index (χ4n) is 5.58. The highest BCUT2D eigenvalue weighted by molar-refractivity contribution is 5.92. The predicted molar refractivity (Wildman–Crippen MR) is 108 cm³/mol. The van der Waals surface area contributed by atoms with Crippen molar-refractivity contribution in [3.63, 3.8) is 0 Å². The van der Waals surface area contributed by atoms with Crippen molar-refractivity contribution in [2.75, 3.05) is 39.9 Å². The second-order valence-corrected chi connectivity index (χ2v) is 8.78. The zero-order valence-electron chi connectivity index (χ0n) is 17.5. The maximum Gasteiger partial charge on any atom is 0.269 e. The molecule has 4 heterocycles. The van der Waals surface area contributed by atoms with Crippen LogP contribution >= 0.6 is 0 Å². The number of piperidine rings is 3. The van der Waals surface area contributed by atoms with E-state index in [0.29, 0.717) is 36.5 Å². The van der Waals surface area contributed by atoms with E-state index >= 15 is 0 Å². The Morgan fingerprint density at radius 3 is 2.97 bits per heavy atom. The van der Waals surface area contributed by atoms with Crippen molar-refractivity contribution in [2.45, 2.75) is 51.1 Å². The van der Waals surface area contributed by atoms with Gasteiger partial charge in [-0.2, -0.15) is 0 Å². The molecule has 0 radical (unpaired) electrons. The number of aryl methyl sites for hydroxylation is 1. The third kappa shape index (κ3) is 4.33. The van der Waals surface area contributed by atoms with Crippen molar-refractivity contribution in [3.8, 4) is 0 Å². The molecule has 0 spiro atoms. The molecule has 160 valence electrons. The molecule has 3 fully saturated rings. The molecule has 3 aliphatic heterocycles. The average molecular weight is 404 g/mol. The fraction of sp³-hybridized carbons (Fsp3) is 0.762. The molecule has 1 aromatic heterocycles. The Kier molecular flexibility index (Phi) is 6.20. The summed E-state index contributed by atoms with van der Waals surface area (Å²) >= 11 is 0. The highest BCUT2D eigenvalue weighted by atomic mass is 16.5. The Morgan fingerprint density at radius 2 is 2.21 bits per heavy atom. The van der Waals surface area contributed by atoms with Crippen LogP contribution in [0.25, 0.3) is 0 Å². The molecule has 1 aromatic rings. The van der Waals surface area contributed by atoms with Crippen molar-refractivity contribution < 1.29 is 14.3 Å². The second-order valence-electron chi connectivity index (χ2n) is 8.78. The topological polar surface area (TPSA) is 90.6 Å². The van der Waals surface area contributed by atoms with E-state index in [1.807, 2.05) is 6.92 Å². The van der Waals surface area contributed by atoms with Gasteiger partial charge in [-0.25, -0.2) is 4.98 Å². The Morgan fingerprint density at radius 1 is 1.38 bits per heavy atom. The third-order valence-electron chi connectivity index (χ3n) is 6.81. The molecule has 4 atom stereocenters. The minimum atomic E-state index is -0.151. The Bertz CT molecular complexity index is 736. The first-order valence-electron chi connectivity index (χ1n) is 10.9. The molecule has 8 nitrogen and oxygen atoms in total. The van der Waals surface area contributed by atoms with Gasteiger partial charge in [0.2, 0.25) is 5.91 Å². The lowest BCUT2D eigenvalue weighted by atomic mass is 9.72. The quantitative estimate of drug-likeness (QED) is 0.668. The number of ether oxygens (including phenoxy) is 1. The fourth-order valence-corrected chi connectivity index (χ4v) is 5.58. The van der Waals surface area contributed by atoms with Gasteiger partial charge in [-0.3, -0.25) is 9.59 Å². The number of fused-ring (bicyclic) bond motifs is 4. The molecular formula is C21H33N5O3. The van der Waals surface area contributed by atoms with E-state index in [0.717, 1.165) is 57.7 Å². The van der Waals surface area contributed by atoms with Crippen molar-refractivity contribution in [2.24, 2.45) is 11.8 Å². The summed E-state index contributed by atoms with van der Waals surface area (Å²) < 4.78 is 5.22. The van der Waals surface area contributed by atoms with Gasteiger partial charge in [0.05, 0.1) is 12.2 Å². The first-order valence-corrected chi connectivity index (χ1v) is 10.9. The van der Waals surface area contributed by atoms with Crippen LogP contribution in [0.1, 0.15) is 48.4 Å². The number of likely N-dealkylation sites (tertiary alicyclic amines) is 1. The second kappa shape index (κ2) is 8.83. The number of aromatic amines is 1. The number of carbonyl (C=O) groups excluding carboxylic acids is 2. The van der Waals surface area contributed by atoms with Gasteiger partial charge in [0.15, 0.2) is 0 Å². The summed E-state index contributed by atoms with van der Waals surface area (Å²) in [6, 6.07) is 0.385. The van der Waals surface area contributed by atoms with Gasteiger partial charge in [-0.05, 0) is 44.4 Å². The number of rotatable bonds is 7. The van der Waals surface area contributed by atoms with Crippen molar-refractivity contribution in [1.82, 2.24) is 25.1 Å². The normalized spacial score (nSPS) is 29.6. The summed E-state index contributed by atoms with van der Waals surface area (Å²) in [7, 11) is 1.75. The standard InChI is InChI=1S/C21H33N5O3/c1-14-22-10-17(24-14)21(28)23-11-19-16-9-15(12-25(13-16)7-4-8-29-2)18-5-3-6-20(27)26(18)19/h10,15-16,18-19H,3-9,11-13H2,1-2H3,(H,22,24)(H,23,28)/t15-,16+,18+,19+/m1/s1. The van der Waals surface area contributed by atoms with E-state index in [4.69, 9.17) is 4.74 Å². The summed E-state index contributed by atoms with van der Waals surface area (Å²) in [6.45, 7) is 6.20. The third-order valence-corrected chi connectivity index (χ3v) is 6.81. The Hall–Kier alpha value is -1.93. The maximum absolute atomic E-state index is 12.8. The van der Waals surface area contributed by atoms with E-state index < -0.39 is 0 Å². The zero-order chi connectivity index (χ0) is 20.4. The van der Waals surface area contributed by atoms with Crippen molar-refractivity contribution >= 4 is 11.8 Å². The van der Waals surface area contributed by atoms with Crippen LogP contribution in [0, 0.1) is 18.8 Å². The predicted octanol–water partition coefficient (Wildman–Crippen LogP) is 1.19. The molecule has 0 saturated carbocycles. The largest absolute Gasteiger partial charge is 0.385 e. The summed E-state index contributed by atoms with van der Waals surface area (Å²) in [5, 5.41) is 3.06. The first-order chi connectivity index (χ1) is 14.1. The minimum Gasteiger partial charge on any atom is -0.385 e. The molecule has 8 heteroatoms. The minimum absolute atomic E-state index is 0.0715. The van der Waals surface area contributed by atoms with Crippen LogP contribution in [0.15, 0.2) is 6.20 Å². The number of nitrogens with zero attached hydrogens (tertiary/aromatic N) is 3. The van der Waals surface area contributed by atoms with Crippen LogP contribution in [0.3, 0.4) is 0 Å². The highest BCUT2D eigenvalue weighted by Gasteiger charge is 2.49. The van der Waals surface area contributed by atoms with E-state index in [1.165, 1.54) is 0 Å². The molecule has 3 aliphatic rings. The van der Waals surface area contributed by atoms with Crippen LogP contribution in [-0.2, 0) is 9.53 Å². The van der Waals surface area contributed by atoms with Gasteiger partial charge in [0.25, 0.3) is 5.91 Å². The number of H-pyrrole nitrogens is 1.